The number of amides is 1. The van der Waals surface area contributed by atoms with Crippen LogP contribution in [0.3, 0.4) is 0 Å². The number of aromatic nitrogens is 2. The summed E-state index contributed by atoms with van der Waals surface area (Å²) in [7, 11) is 0. The van der Waals surface area contributed by atoms with Crippen LogP contribution >= 0.6 is 11.3 Å². The van der Waals surface area contributed by atoms with Crippen molar-refractivity contribution in [1.82, 2.24) is 9.97 Å². The third kappa shape index (κ3) is 2.72. The Morgan fingerprint density at radius 1 is 1.30 bits per heavy atom. The highest BCUT2D eigenvalue weighted by atomic mass is 32.1. The van der Waals surface area contributed by atoms with Crippen LogP contribution in [0.15, 0.2) is 36.5 Å². The van der Waals surface area contributed by atoms with Crippen LogP contribution in [0.1, 0.15) is 22.0 Å². The summed E-state index contributed by atoms with van der Waals surface area (Å²) in [4.78, 5) is 22.9. The zero-order chi connectivity index (χ0) is 15.8. The number of fused-ring (bicyclic) bond motifs is 2. The van der Waals surface area contributed by atoms with E-state index in [9.17, 15) is 4.79 Å². The highest BCUT2D eigenvalue weighted by Gasteiger charge is 2.27. The average Bonchev–Trinajstić information content (AvgIpc) is 2.94. The summed E-state index contributed by atoms with van der Waals surface area (Å²) in [6.07, 6.45) is 4.31. The van der Waals surface area contributed by atoms with Crippen molar-refractivity contribution in [2.45, 2.75) is 26.2 Å². The van der Waals surface area contributed by atoms with Gasteiger partial charge in [0.25, 0.3) is 0 Å². The molecule has 1 unspecified atom stereocenters. The molecular weight excluding hydrogens is 306 g/mol. The highest BCUT2D eigenvalue weighted by Crippen LogP contribution is 2.31. The number of carbonyl (C=O) groups is 1. The molecule has 3 aromatic rings. The van der Waals surface area contributed by atoms with E-state index in [2.05, 4.69) is 15.3 Å². The Morgan fingerprint density at radius 3 is 3.09 bits per heavy atom. The van der Waals surface area contributed by atoms with E-state index in [0.717, 1.165) is 40.9 Å². The lowest BCUT2D eigenvalue weighted by Crippen LogP contribution is -2.27. The summed E-state index contributed by atoms with van der Waals surface area (Å²) in [6.45, 7) is 2.03. The zero-order valence-electron chi connectivity index (χ0n) is 12.9. The molecule has 0 bridgehead atoms. The lowest BCUT2D eigenvalue weighted by Gasteiger charge is -2.20. The second kappa shape index (κ2) is 5.74. The first-order valence-corrected chi connectivity index (χ1v) is 8.62. The van der Waals surface area contributed by atoms with Gasteiger partial charge in [-0.3, -0.25) is 9.78 Å². The van der Waals surface area contributed by atoms with Crippen LogP contribution in [0.5, 0.6) is 0 Å². The van der Waals surface area contributed by atoms with Gasteiger partial charge in [-0.1, -0.05) is 18.2 Å². The molecule has 0 aliphatic heterocycles. The highest BCUT2D eigenvalue weighted by molar-refractivity contribution is 7.11. The summed E-state index contributed by atoms with van der Waals surface area (Å²) in [5.74, 6) is 0.0983. The number of anilines is 1. The van der Waals surface area contributed by atoms with Gasteiger partial charge >= 0.3 is 0 Å². The molecule has 5 heteroatoms. The molecule has 1 aliphatic carbocycles. The van der Waals surface area contributed by atoms with E-state index in [1.165, 1.54) is 10.6 Å². The number of hydrogen-bond acceptors (Lipinski definition) is 4. The molecule has 2 aromatic heterocycles. The minimum absolute atomic E-state index is 0.0151. The normalized spacial score (nSPS) is 17.0. The van der Waals surface area contributed by atoms with Crippen LogP contribution in [0, 0.1) is 12.8 Å². The van der Waals surface area contributed by atoms with E-state index >= 15 is 0 Å². The Hall–Kier alpha value is -2.27. The van der Waals surface area contributed by atoms with Gasteiger partial charge in [0.15, 0.2) is 0 Å². The molecule has 1 N–H and O–H groups in total. The molecule has 4 rings (SSSR count). The number of thiazole rings is 1. The molecule has 2 heterocycles. The maximum absolute atomic E-state index is 12.7. The van der Waals surface area contributed by atoms with E-state index < -0.39 is 0 Å². The van der Waals surface area contributed by atoms with Gasteiger partial charge in [-0.15, -0.1) is 11.3 Å². The van der Waals surface area contributed by atoms with Crippen molar-refractivity contribution >= 4 is 33.8 Å². The Kier molecular flexibility index (Phi) is 3.58. The number of pyridine rings is 1. The maximum Gasteiger partial charge on any atom is 0.227 e. The molecule has 0 saturated heterocycles. The molecule has 1 aliphatic rings. The number of nitrogens with one attached hydrogen (secondary N) is 1. The van der Waals surface area contributed by atoms with Gasteiger partial charge in [-0.25, -0.2) is 4.98 Å². The first kappa shape index (κ1) is 14.3. The number of para-hydroxylation sites is 1. The summed E-state index contributed by atoms with van der Waals surface area (Å²) in [5.41, 5.74) is 2.82. The summed E-state index contributed by atoms with van der Waals surface area (Å²) in [5, 5.41) is 5.20. The molecule has 23 heavy (non-hydrogen) atoms. The summed E-state index contributed by atoms with van der Waals surface area (Å²) >= 11 is 1.72. The topological polar surface area (TPSA) is 54.9 Å². The molecule has 1 atom stereocenters. The average molecular weight is 323 g/mol. The smallest absolute Gasteiger partial charge is 0.227 e. The minimum atomic E-state index is 0.0151. The zero-order valence-corrected chi connectivity index (χ0v) is 13.7. The van der Waals surface area contributed by atoms with Crippen LogP contribution in [0.2, 0.25) is 0 Å². The first-order chi connectivity index (χ1) is 11.2. The lowest BCUT2D eigenvalue weighted by atomic mass is 9.90. The molecule has 0 spiro atoms. The molecule has 4 nitrogen and oxygen atoms in total. The van der Waals surface area contributed by atoms with E-state index in [1.54, 1.807) is 17.5 Å². The van der Waals surface area contributed by atoms with Crippen molar-refractivity contribution in [3.63, 3.8) is 0 Å². The number of rotatable bonds is 2. The van der Waals surface area contributed by atoms with Crippen LogP contribution < -0.4 is 5.32 Å². The molecule has 0 radical (unpaired) electrons. The Labute approximate surface area is 138 Å². The molecule has 116 valence electrons. The lowest BCUT2D eigenvalue weighted by molar-refractivity contribution is -0.120. The van der Waals surface area contributed by atoms with E-state index in [1.807, 2.05) is 37.3 Å². The van der Waals surface area contributed by atoms with Gasteiger partial charge < -0.3 is 5.32 Å². The van der Waals surface area contributed by atoms with Crippen molar-refractivity contribution in [3.05, 3.63) is 52.1 Å². The van der Waals surface area contributed by atoms with Gasteiger partial charge in [-0.2, -0.15) is 0 Å². The van der Waals surface area contributed by atoms with Crippen molar-refractivity contribution in [2.75, 3.05) is 5.32 Å². The number of carbonyl (C=O) groups excluding carboxylic acids is 1. The fourth-order valence-electron chi connectivity index (χ4n) is 3.17. The van der Waals surface area contributed by atoms with Gasteiger partial charge in [0.2, 0.25) is 5.91 Å². The maximum atomic E-state index is 12.7. The van der Waals surface area contributed by atoms with Crippen molar-refractivity contribution in [3.8, 4) is 0 Å². The monoisotopic (exact) mass is 323 g/mol. The first-order valence-electron chi connectivity index (χ1n) is 7.80. The number of nitrogens with zero attached hydrogens (tertiary/aromatic N) is 2. The second-order valence-corrected chi connectivity index (χ2v) is 7.20. The van der Waals surface area contributed by atoms with Crippen LogP contribution in [0.4, 0.5) is 5.69 Å². The Morgan fingerprint density at radius 2 is 2.17 bits per heavy atom. The predicted octanol–water partition coefficient (Wildman–Crippen LogP) is 3.74. The molecule has 1 amide bonds. The molecule has 0 fully saturated rings. The fourth-order valence-corrected chi connectivity index (χ4v) is 4.23. The number of hydrogen-bond donors (Lipinski definition) is 1. The SMILES string of the molecule is Cc1nc2c(s1)CC(C(=O)Nc1cccc3cccnc13)CC2. The van der Waals surface area contributed by atoms with E-state index in [-0.39, 0.29) is 11.8 Å². The third-order valence-electron chi connectivity index (χ3n) is 4.31. The van der Waals surface area contributed by atoms with Crippen molar-refractivity contribution < 1.29 is 4.79 Å². The summed E-state index contributed by atoms with van der Waals surface area (Å²) < 4.78 is 0. The van der Waals surface area contributed by atoms with Crippen LogP contribution in [0.25, 0.3) is 10.9 Å². The van der Waals surface area contributed by atoms with Crippen molar-refractivity contribution in [2.24, 2.45) is 5.92 Å². The second-order valence-electron chi connectivity index (χ2n) is 5.91. The van der Waals surface area contributed by atoms with Crippen LogP contribution in [-0.2, 0) is 17.6 Å². The molecule has 0 saturated carbocycles. The molecular formula is C18H17N3OS. The molecule has 1 aromatic carbocycles. The van der Waals surface area contributed by atoms with E-state index in [0.29, 0.717) is 0 Å². The Bertz CT molecular complexity index is 882. The fraction of sp³-hybridized carbons (Fsp3) is 0.278. The number of aryl methyl sites for hydroxylation is 2. The standard InChI is InChI=1S/C18H17N3OS/c1-11-20-14-8-7-13(10-16(14)23-11)18(22)21-15-6-2-4-12-5-3-9-19-17(12)15/h2-6,9,13H,7-8,10H2,1H3,(H,21,22). The quantitative estimate of drug-likeness (QED) is 0.781. The van der Waals surface area contributed by atoms with Gasteiger partial charge in [0.05, 0.1) is 21.9 Å². The van der Waals surface area contributed by atoms with E-state index in [4.69, 9.17) is 0 Å². The van der Waals surface area contributed by atoms with Crippen LogP contribution in [-0.4, -0.2) is 15.9 Å². The van der Waals surface area contributed by atoms with Gasteiger partial charge in [-0.05, 0) is 38.3 Å². The Balaban J connectivity index is 1.56. The third-order valence-corrected chi connectivity index (χ3v) is 5.34. The summed E-state index contributed by atoms with van der Waals surface area (Å²) in [6, 6.07) is 9.78. The minimum Gasteiger partial charge on any atom is -0.324 e. The number of benzene rings is 1. The van der Waals surface area contributed by atoms with Gasteiger partial charge in [0.1, 0.15) is 0 Å². The van der Waals surface area contributed by atoms with Crippen molar-refractivity contribution in [1.29, 1.82) is 0 Å². The largest absolute Gasteiger partial charge is 0.324 e. The predicted molar refractivity (Wildman–Crippen MR) is 92.7 cm³/mol. The van der Waals surface area contributed by atoms with Gasteiger partial charge in [0, 0.05) is 22.4 Å².